The summed E-state index contributed by atoms with van der Waals surface area (Å²) in [4.78, 5) is 149. The molecule has 5 aromatic rings. The zero-order valence-corrected chi connectivity index (χ0v) is 63.3. The smallest absolute Gasteiger partial charge is 0.410 e. The Bertz CT molecular complexity index is 4500. The van der Waals surface area contributed by atoms with Crippen LogP contribution in [0.5, 0.6) is 46.0 Å². The number of rotatable bonds is 14. The number of phenolic OH excluding ortho intramolecular Hbond substituents is 3. The summed E-state index contributed by atoms with van der Waals surface area (Å²) >= 11 is 14.3. The van der Waals surface area contributed by atoms with E-state index in [1.54, 1.807) is 34.6 Å². The van der Waals surface area contributed by atoms with Crippen LogP contribution in [0, 0.1) is 41.4 Å². The predicted molar refractivity (Wildman–Crippen MR) is 395 cm³/mol. The van der Waals surface area contributed by atoms with E-state index in [4.69, 9.17) is 52.6 Å². The van der Waals surface area contributed by atoms with E-state index in [1.165, 1.54) is 50.4 Å². The molecule has 0 radical (unpaired) electrons. The fraction of sp³-hybridized carbons (Fsp3) is 0.494. The van der Waals surface area contributed by atoms with Gasteiger partial charge in [-0.1, -0.05) is 55.2 Å². The van der Waals surface area contributed by atoms with Gasteiger partial charge >= 0.3 is 6.09 Å². The fourth-order valence-electron chi connectivity index (χ4n) is 16.8. The molecule has 4 saturated carbocycles. The Labute approximate surface area is 647 Å². The number of aliphatic hydroxyl groups excluding tert-OH is 5. The van der Waals surface area contributed by atoms with Gasteiger partial charge < -0.3 is 96.9 Å². The van der Waals surface area contributed by atoms with Crippen LogP contribution in [0.1, 0.15) is 164 Å². The van der Waals surface area contributed by atoms with E-state index in [0.29, 0.717) is 11.8 Å². The van der Waals surface area contributed by atoms with Crippen LogP contribution in [0.2, 0.25) is 10.0 Å². The lowest BCUT2D eigenvalue weighted by molar-refractivity contribution is -0.271. The van der Waals surface area contributed by atoms with Gasteiger partial charge in [-0.05, 0) is 177 Å². The Hall–Kier alpha value is -9.66. The molecule has 5 aromatic carbocycles. The third-order valence-corrected chi connectivity index (χ3v) is 22.7. The van der Waals surface area contributed by atoms with Gasteiger partial charge in [-0.25, -0.2) is 4.79 Å². The molecule has 4 aliphatic carbocycles. The van der Waals surface area contributed by atoms with E-state index in [-0.39, 0.29) is 97.0 Å². The molecule has 10 aliphatic rings. The second-order valence-electron chi connectivity index (χ2n) is 31.7. The van der Waals surface area contributed by atoms with Gasteiger partial charge in [-0.15, -0.1) is 0 Å². The van der Waals surface area contributed by atoms with E-state index in [0.717, 1.165) is 79.5 Å². The standard InChI is InChI=1S/C79H91Cl2N7O23/c1-32(2)14-50(88(7)78(106)111-79(4,5)6)75(104)86-65-53(93)23-42(26-61(82)96)73(102)84-63-41-24-58(107-56-12-9-37(67(65)97)21-48(56)80)72(110-77-71(101)70(100)69(99)60(109-77)31-83-33(3)89)59(25-41)108-57-13-10-38(22-49(57)81)68(98)66-76(105)85-64(55(95)29-44-39-16-34-15-35(18-39)19-40(44)17-34)47-27-43(90)28-52(92)62(47)46-20-36(8-11-51(46)91)45(30-54(63)94)74(103)87-66/h8-13,20-22,24-25,27-28,32,34-35,39-40,42,44-45,50,60,63-71,77,90-92,97-101H,14-19,23,26,29-31H2,1-7H3,(H2,82,96)(H,83,89)(H,84,102)(H,85,105)(H,86,104)(H,87,103)/t34?,35?,39?,40?,42-,44?,45+,50+,60?,63+,64-,65-,66-,67+,68+,69?,70?,71?,77?/m0/s1. The van der Waals surface area contributed by atoms with E-state index in [2.05, 4.69) is 26.6 Å². The first kappa shape index (κ1) is 80.8. The first-order valence-electron chi connectivity index (χ1n) is 36.9. The van der Waals surface area contributed by atoms with Gasteiger partial charge in [0.15, 0.2) is 28.8 Å². The van der Waals surface area contributed by atoms with E-state index >= 15 is 28.8 Å². The largest absolute Gasteiger partial charge is 0.508 e. The number of nitrogens with zero attached hydrogens (tertiary/aromatic N) is 1. The van der Waals surface area contributed by atoms with Crippen molar-refractivity contribution in [2.75, 3.05) is 13.6 Å². The minimum Gasteiger partial charge on any atom is -0.508 e. The van der Waals surface area contributed by atoms with Crippen LogP contribution in [-0.2, 0) is 52.6 Å². The van der Waals surface area contributed by atoms with Crippen molar-refractivity contribution in [1.82, 2.24) is 31.5 Å². The van der Waals surface area contributed by atoms with Crippen molar-refractivity contribution in [2.24, 2.45) is 47.2 Å². The van der Waals surface area contributed by atoms with Crippen molar-refractivity contribution < 1.29 is 112 Å². The number of fused-ring (bicyclic) bond motifs is 15. The molecule has 0 aromatic heterocycles. The molecule has 14 atom stereocenters. The number of benzene rings is 5. The number of aliphatic hydroxyl groups is 5. The number of hydrogen-bond donors (Lipinski definition) is 14. The van der Waals surface area contributed by atoms with E-state index in [9.17, 15) is 60.0 Å². The number of hydrogen-bond acceptors (Lipinski definition) is 23. The zero-order valence-electron chi connectivity index (χ0n) is 61.8. The molecular weight excluding hydrogens is 1490 g/mol. The summed E-state index contributed by atoms with van der Waals surface area (Å²) in [5, 5.41) is 107. The average Bonchev–Trinajstić information content (AvgIpc) is 0.755. The summed E-state index contributed by atoms with van der Waals surface area (Å²) in [5.41, 5.74) is 3.17. The van der Waals surface area contributed by atoms with Crippen molar-refractivity contribution >= 4 is 82.1 Å². The quantitative estimate of drug-likeness (QED) is 0.0558. The Balaban J connectivity index is 1.05. The monoisotopic (exact) mass is 1580 g/mol. The molecule has 594 valence electrons. The molecule has 5 unspecified atom stereocenters. The predicted octanol–water partition coefficient (Wildman–Crippen LogP) is 6.58. The van der Waals surface area contributed by atoms with Crippen LogP contribution in [0.25, 0.3) is 11.1 Å². The number of Topliss-reactive ketones (excluding diaryl/α,β-unsaturated/α-hetero) is 3. The molecule has 30 nitrogen and oxygen atoms in total. The summed E-state index contributed by atoms with van der Waals surface area (Å²) in [7, 11) is 1.30. The second-order valence-corrected chi connectivity index (χ2v) is 32.5. The molecule has 7 amide bonds. The van der Waals surface area contributed by atoms with E-state index in [1.807, 2.05) is 0 Å². The Kier molecular flexibility index (Phi) is 23.7. The number of likely N-dealkylation sites (N-methyl/N-ethyl adjacent to an activating group) is 1. The summed E-state index contributed by atoms with van der Waals surface area (Å²) in [6.45, 7) is 9.04. The first-order valence-corrected chi connectivity index (χ1v) is 37.7. The maximum Gasteiger partial charge on any atom is 0.410 e. The number of ketones is 3. The van der Waals surface area contributed by atoms with Crippen molar-refractivity contribution in [3.63, 3.8) is 0 Å². The lowest BCUT2D eigenvalue weighted by Gasteiger charge is -2.54. The van der Waals surface area contributed by atoms with Gasteiger partial charge in [0.2, 0.25) is 47.5 Å². The Morgan fingerprint density at radius 3 is 1.87 bits per heavy atom. The number of amides is 7. The van der Waals surface area contributed by atoms with Crippen LogP contribution in [0.4, 0.5) is 4.79 Å². The number of nitrogens with one attached hydrogen (secondary N) is 5. The molecule has 1 saturated heterocycles. The topological polar surface area (TPSA) is 468 Å². The maximum atomic E-state index is 16.4. The molecule has 15 N–H and O–H groups in total. The summed E-state index contributed by atoms with van der Waals surface area (Å²) < 4.78 is 31.4. The number of halogens is 2. The fourth-order valence-corrected chi connectivity index (χ4v) is 17.3. The lowest BCUT2D eigenvalue weighted by Crippen LogP contribution is -2.61. The molecular formula is C79H91Cl2N7O23. The molecule has 15 bridgehead atoms. The van der Waals surface area contributed by atoms with Crippen molar-refractivity contribution in [2.45, 2.75) is 190 Å². The number of carbonyl (C=O) groups is 10. The zero-order chi connectivity index (χ0) is 80.3. The van der Waals surface area contributed by atoms with Crippen LogP contribution in [0.3, 0.4) is 0 Å². The Morgan fingerprint density at radius 1 is 0.676 bits per heavy atom. The highest BCUT2D eigenvalue weighted by Gasteiger charge is 2.51. The van der Waals surface area contributed by atoms with Crippen LogP contribution >= 0.6 is 23.2 Å². The van der Waals surface area contributed by atoms with Crippen LogP contribution in [-0.4, -0.2) is 173 Å². The van der Waals surface area contributed by atoms with E-state index < -0.39 is 210 Å². The molecule has 6 heterocycles. The van der Waals surface area contributed by atoms with Gasteiger partial charge in [0.1, 0.15) is 101 Å². The molecule has 32 heteroatoms. The molecule has 5 fully saturated rings. The minimum atomic E-state index is -2.19. The van der Waals surface area contributed by atoms with Gasteiger partial charge in [0.25, 0.3) is 0 Å². The minimum absolute atomic E-state index is 0.0241. The lowest BCUT2D eigenvalue weighted by atomic mass is 9.51. The van der Waals surface area contributed by atoms with Gasteiger partial charge in [0, 0.05) is 63.4 Å². The number of carbonyl (C=O) groups excluding carboxylic acids is 10. The number of nitrogens with two attached hydrogens (primary N) is 1. The van der Waals surface area contributed by atoms with Crippen molar-refractivity contribution in [3.8, 4) is 57.1 Å². The van der Waals surface area contributed by atoms with Crippen LogP contribution in [0.15, 0.2) is 78.9 Å². The third kappa shape index (κ3) is 17.5. The molecule has 111 heavy (non-hydrogen) atoms. The van der Waals surface area contributed by atoms with Gasteiger partial charge in [-0.3, -0.25) is 48.1 Å². The number of ether oxygens (including phenoxy) is 5. The summed E-state index contributed by atoms with van der Waals surface area (Å²) in [6.07, 6.45) is -13.2. The number of phenols is 3. The average molecular weight is 1580 g/mol. The normalized spacial score (nSPS) is 28.8. The van der Waals surface area contributed by atoms with Gasteiger partial charge in [-0.2, -0.15) is 0 Å². The van der Waals surface area contributed by atoms with Gasteiger partial charge in [0.05, 0.1) is 21.9 Å². The maximum absolute atomic E-state index is 16.4. The highest BCUT2D eigenvalue weighted by Crippen LogP contribution is 2.58. The van der Waals surface area contributed by atoms with Crippen LogP contribution < -0.4 is 46.5 Å². The molecule has 6 aliphatic heterocycles. The molecule has 0 spiro atoms. The Morgan fingerprint density at radius 2 is 1.29 bits per heavy atom. The SMILES string of the molecule is CC(=O)NCC1OC(Oc2c3cc4cc2Oc2ccc(cc2Cl)[C@@H](O)[C@@H](NC(=O)[C@@H](CC(C)C)N(C)C(=O)OC(C)(C)C)C(=O)C[C@@H](CC(N)=O)C(=O)N[C@H]4C(=O)C[C@H]2C(=O)N[C@H](C(=O)N[C@H](C(=O)CC4C5CC6CC(C5)CC4C6)c4cc(O)cc(O)c4-c4cc2ccc4O)[C@H](O)c2ccc(c(Cl)c2)O3)C(O)C(O)C1O. The number of primary amides is 1. The highest BCUT2D eigenvalue weighted by atomic mass is 35.5. The summed E-state index contributed by atoms with van der Waals surface area (Å²) in [6, 6.07) is 5.45. The second kappa shape index (κ2) is 32.6. The third-order valence-electron chi connectivity index (χ3n) is 22.1. The number of aromatic hydroxyl groups is 3. The highest BCUT2D eigenvalue weighted by molar-refractivity contribution is 6.32. The first-order chi connectivity index (χ1) is 52.4. The van der Waals surface area contributed by atoms with Crippen molar-refractivity contribution in [3.05, 3.63) is 117 Å². The summed E-state index contributed by atoms with van der Waals surface area (Å²) in [5.74, 6) is -16.4. The molecule has 15 rings (SSSR count). The van der Waals surface area contributed by atoms with Crippen molar-refractivity contribution in [1.29, 1.82) is 0 Å².